The van der Waals surface area contributed by atoms with Crippen LogP contribution >= 0.6 is 0 Å². The van der Waals surface area contributed by atoms with E-state index in [0.29, 0.717) is 17.8 Å². The third-order valence-corrected chi connectivity index (χ3v) is 5.34. The number of benzene rings is 1. The number of nitrogens with zero attached hydrogens (tertiary/aromatic N) is 1. The van der Waals surface area contributed by atoms with Crippen molar-refractivity contribution in [2.75, 3.05) is 19.6 Å². The largest absolute Gasteiger partial charge is 0.508 e. The monoisotopic (exact) mass is 288 g/mol. The van der Waals surface area contributed by atoms with Gasteiger partial charge in [-0.3, -0.25) is 4.90 Å². The number of rotatable bonds is 3. The van der Waals surface area contributed by atoms with Gasteiger partial charge < -0.3 is 10.4 Å². The number of hydrogen-bond acceptors (Lipinski definition) is 3. The maximum absolute atomic E-state index is 10.2. The molecular formula is C18H28N2O. The molecule has 2 aliphatic rings. The molecule has 1 aromatic carbocycles. The van der Waals surface area contributed by atoms with Crippen LogP contribution in [0.25, 0.3) is 0 Å². The summed E-state index contributed by atoms with van der Waals surface area (Å²) >= 11 is 0. The molecule has 2 N–H and O–H groups in total. The van der Waals surface area contributed by atoms with E-state index < -0.39 is 0 Å². The second-order valence-electron chi connectivity index (χ2n) is 6.84. The molecule has 3 rings (SSSR count). The van der Waals surface area contributed by atoms with Gasteiger partial charge in [-0.1, -0.05) is 17.7 Å². The topological polar surface area (TPSA) is 35.5 Å². The number of hydrogen-bond donors (Lipinski definition) is 2. The van der Waals surface area contributed by atoms with Crippen molar-refractivity contribution in [1.82, 2.24) is 10.2 Å². The third kappa shape index (κ3) is 3.24. The van der Waals surface area contributed by atoms with Crippen molar-refractivity contribution < 1.29 is 5.11 Å². The quantitative estimate of drug-likeness (QED) is 0.896. The van der Waals surface area contributed by atoms with Crippen LogP contribution in [0.5, 0.6) is 5.75 Å². The van der Waals surface area contributed by atoms with E-state index in [1.165, 1.54) is 37.8 Å². The number of likely N-dealkylation sites (tertiary alicyclic amines) is 1. The average molecular weight is 288 g/mol. The van der Waals surface area contributed by atoms with Gasteiger partial charge in [0.2, 0.25) is 0 Å². The summed E-state index contributed by atoms with van der Waals surface area (Å²) < 4.78 is 0. The first-order valence-corrected chi connectivity index (χ1v) is 8.42. The van der Waals surface area contributed by atoms with Gasteiger partial charge in [0.15, 0.2) is 0 Å². The molecule has 2 heterocycles. The summed E-state index contributed by atoms with van der Waals surface area (Å²) in [5.41, 5.74) is 2.30. The first-order valence-electron chi connectivity index (χ1n) is 8.42. The molecular weight excluding hydrogens is 260 g/mol. The van der Waals surface area contributed by atoms with Crippen molar-refractivity contribution in [2.45, 2.75) is 51.6 Å². The lowest BCUT2D eigenvalue weighted by Gasteiger charge is -2.39. The molecule has 2 fully saturated rings. The summed E-state index contributed by atoms with van der Waals surface area (Å²) in [6.07, 6.45) is 5.29. The summed E-state index contributed by atoms with van der Waals surface area (Å²) in [7, 11) is 0. The van der Waals surface area contributed by atoms with Crippen LogP contribution < -0.4 is 5.32 Å². The minimum atomic E-state index is 0.300. The number of phenols is 1. The number of nitrogens with one attached hydrogen (secondary N) is 1. The zero-order chi connectivity index (χ0) is 14.8. The maximum atomic E-state index is 10.2. The van der Waals surface area contributed by atoms with Gasteiger partial charge in [-0.2, -0.15) is 0 Å². The van der Waals surface area contributed by atoms with Crippen LogP contribution in [-0.2, 0) is 0 Å². The van der Waals surface area contributed by atoms with E-state index in [1.807, 2.05) is 12.1 Å². The van der Waals surface area contributed by atoms with Gasteiger partial charge in [-0.15, -0.1) is 0 Å². The molecule has 0 aliphatic carbocycles. The predicted molar refractivity (Wildman–Crippen MR) is 86.6 cm³/mol. The number of aryl methyl sites for hydroxylation is 1. The van der Waals surface area contributed by atoms with Crippen molar-refractivity contribution in [1.29, 1.82) is 0 Å². The van der Waals surface area contributed by atoms with E-state index in [9.17, 15) is 5.11 Å². The van der Waals surface area contributed by atoms with Crippen LogP contribution in [-0.4, -0.2) is 35.7 Å². The van der Waals surface area contributed by atoms with E-state index in [2.05, 4.69) is 30.1 Å². The molecule has 21 heavy (non-hydrogen) atoms. The third-order valence-electron chi connectivity index (χ3n) is 5.34. The van der Waals surface area contributed by atoms with E-state index in [1.54, 1.807) is 0 Å². The Labute approximate surface area is 128 Å². The Morgan fingerprint density at radius 2 is 2.14 bits per heavy atom. The minimum absolute atomic E-state index is 0.300. The lowest BCUT2D eigenvalue weighted by atomic mass is 9.88. The summed E-state index contributed by atoms with van der Waals surface area (Å²) in [6, 6.07) is 6.96. The molecule has 0 radical (unpaired) electrons. The van der Waals surface area contributed by atoms with Gasteiger partial charge in [0.05, 0.1) is 0 Å². The molecule has 0 aromatic heterocycles. The van der Waals surface area contributed by atoms with Crippen LogP contribution in [0.2, 0.25) is 0 Å². The Balaban J connectivity index is 1.71. The highest BCUT2D eigenvalue weighted by Crippen LogP contribution is 2.33. The first-order chi connectivity index (χ1) is 10.1. The standard InChI is InChI=1S/C18H28N2O/c1-13-7-8-18(21)16(11-13)14(2)20-10-4-5-15(12-20)17-6-3-9-19-17/h7-8,11,14-15,17,19,21H,3-6,9-10,12H2,1-2H3. The Bertz CT molecular complexity index is 482. The summed E-state index contributed by atoms with van der Waals surface area (Å²) in [6.45, 7) is 7.83. The van der Waals surface area contributed by atoms with E-state index in [-0.39, 0.29) is 0 Å². The zero-order valence-corrected chi connectivity index (χ0v) is 13.3. The molecule has 3 heteroatoms. The molecule has 0 bridgehead atoms. The Kier molecular flexibility index (Phi) is 4.51. The first kappa shape index (κ1) is 14.9. The number of piperidine rings is 1. The predicted octanol–water partition coefficient (Wildman–Crippen LogP) is 3.23. The van der Waals surface area contributed by atoms with Crippen LogP contribution in [0, 0.1) is 12.8 Å². The molecule has 0 spiro atoms. The number of phenolic OH excluding ortho intramolecular Hbond substituents is 1. The van der Waals surface area contributed by atoms with Crippen molar-refractivity contribution >= 4 is 0 Å². The normalized spacial score (nSPS) is 28.7. The summed E-state index contributed by atoms with van der Waals surface area (Å²) in [4.78, 5) is 2.56. The lowest BCUT2D eigenvalue weighted by molar-refractivity contribution is 0.113. The van der Waals surface area contributed by atoms with E-state index >= 15 is 0 Å². The molecule has 3 atom stereocenters. The molecule has 2 aliphatic heterocycles. The molecule has 116 valence electrons. The van der Waals surface area contributed by atoms with E-state index in [0.717, 1.165) is 24.6 Å². The molecule has 3 nitrogen and oxygen atoms in total. The van der Waals surface area contributed by atoms with Gasteiger partial charge >= 0.3 is 0 Å². The van der Waals surface area contributed by atoms with Gasteiger partial charge in [-0.05, 0) is 64.6 Å². The molecule has 1 aromatic rings. The van der Waals surface area contributed by atoms with E-state index in [4.69, 9.17) is 0 Å². The van der Waals surface area contributed by atoms with Crippen LogP contribution in [0.1, 0.15) is 49.8 Å². The molecule has 0 saturated carbocycles. The lowest BCUT2D eigenvalue weighted by Crippen LogP contribution is -2.44. The fourth-order valence-electron chi connectivity index (χ4n) is 4.04. The van der Waals surface area contributed by atoms with Crippen molar-refractivity contribution in [3.8, 4) is 5.75 Å². The highest BCUT2D eigenvalue weighted by Gasteiger charge is 2.31. The van der Waals surface area contributed by atoms with Crippen molar-refractivity contribution in [2.24, 2.45) is 5.92 Å². The van der Waals surface area contributed by atoms with Gasteiger partial charge in [0.25, 0.3) is 0 Å². The van der Waals surface area contributed by atoms with Crippen molar-refractivity contribution in [3.63, 3.8) is 0 Å². The van der Waals surface area contributed by atoms with Crippen molar-refractivity contribution in [3.05, 3.63) is 29.3 Å². The maximum Gasteiger partial charge on any atom is 0.120 e. The van der Waals surface area contributed by atoms with Crippen LogP contribution in [0.15, 0.2) is 18.2 Å². The fraction of sp³-hybridized carbons (Fsp3) is 0.667. The Morgan fingerprint density at radius 1 is 1.29 bits per heavy atom. The Hall–Kier alpha value is -1.06. The van der Waals surface area contributed by atoms with Gasteiger partial charge in [0.1, 0.15) is 5.75 Å². The summed E-state index contributed by atoms with van der Waals surface area (Å²) in [5.74, 6) is 1.21. The Morgan fingerprint density at radius 3 is 2.90 bits per heavy atom. The second kappa shape index (κ2) is 6.37. The van der Waals surface area contributed by atoms with Gasteiger partial charge in [0, 0.05) is 24.2 Å². The minimum Gasteiger partial charge on any atom is -0.508 e. The molecule has 0 amide bonds. The zero-order valence-electron chi connectivity index (χ0n) is 13.3. The second-order valence-corrected chi connectivity index (χ2v) is 6.84. The van der Waals surface area contributed by atoms with Gasteiger partial charge in [-0.25, -0.2) is 0 Å². The highest BCUT2D eigenvalue weighted by molar-refractivity contribution is 5.37. The number of aromatic hydroxyl groups is 1. The summed E-state index contributed by atoms with van der Waals surface area (Å²) in [5, 5.41) is 13.8. The van der Waals surface area contributed by atoms with Crippen LogP contribution in [0.4, 0.5) is 0 Å². The SMILES string of the molecule is Cc1ccc(O)c(C(C)N2CCCC(C3CCCN3)C2)c1. The average Bonchev–Trinajstić information content (AvgIpc) is 3.03. The fourth-order valence-corrected chi connectivity index (χ4v) is 4.04. The molecule has 3 unspecified atom stereocenters. The smallest absolute Gasteiger partial charge is 0.120 e. The molecule has 2 saturated heterocycles. The highest BCUT2D eigenvalue weighted by atomic mass is 16.3. The van der Waals surface area contributed by atoms with Crippen LogP contribution in [0.3, 0.4) is 0 Å².